The summed E-state index contributed by atoms with van der Waals surface area (Å²) in [6.45, 7) is 0. The van der Waals surface area contributed by atoms with Crippen LogP contribution in [-0.2, 0) is 9.84 Å². The molecule has 0 unspecified atom stereocenters. The lowest BCUT2D eigenvalue weighted by molar-refractivity contribution is 0.402. The molecular formula is C13H18N2O3S2. The summed E-state index contributed by atoms with van der Waals surface area (Å²) in [4.78, 5) is 1.82. The van der Waals surface area contributed by atoms with Crippen molar-refractivity contribution in [1.82, 2.24) is 4.90 Å². The van der Waals surface area contributed by atoms with Crippen molar-refractivity contribution in [3.05, 3.63) is 24.3 Å². The van der Waals surface area contributed by atoms with Gasteiger partial charge in [0.25, 0.3) is 0 Å². The molecule has 0 amide bonds. The Kier molecular flexibility index (Phi) is 4.49. The number of rotatable bonds is 3. The van der Waals surface area contributed by atoms with Gasteiger partial charge in [-0.1, -0.05) is 6.07 Å². The fourth-order valence-corrected chi connectivity index (χ4v) is 4.20. The molecule has 0 aliphatic carbocycles. The molecule has 1 atom stereocenters. The number of anilines is 1. The van der Waals surface area contributed by atoms with Gasteiger partial charge in [0.1, 0.15) is 5.75 Å². The first kappa shape index (κ1) is 15.1. The number of nitrogens with one attached hydrogen (secondary N) is 1. The van der Waals surface area contributed by atoms with Gasteiger partial charge < -0.3 is 15.0 Å². The predicted molar refractivity (Wildman–Crippen MR) is 84.0 cm³/mol. The Morgan fingerprint density at radius 3 is 2.85 bits per heavy atom. The van der Waals surface area contributed by atoms with Crippen LogP contribution in [0.4, 0.5) is 5.69 Å². The molecule has 1 aromatic carbocycles. The molecule has 1 fully saturated rings. The molecule has 1 aliphatic rings. The van der Waals surface area contributed by atoms with Gasteiger partial charge in [0.05, 0.1) is 18.6 Å². The number of methoxy groups -OCH3 is 1. The van der Waals surface area contributed by atoms with Gasteiger partial charge in [0.2, 0.25) is 0 Å². The molecule has 1 N–H and O–H groups in total. The van der Waals surface area contributed by atoms with Gasteiger partial charge in [-0.25, -0.2) is 8.42 Å². The third-order valence-corrected chi connectivity index (χ3v) is 5.54. The molecule has 7 heteroatoms. The summed E-state index contributed by atoms with van der Waals surface area (Å²) < 4.78 is 28.2. The Morgan fingerprint density at radius 1 is 1.50 bits per heavy atom. The van der Waals surface area contributed by atoms with Gasteiger partial charge in [-0.3, -0.25) is 0 Å². The van der Waals surface area contributed by atoms with Crippen molar-refractivity contribution >= 4 is 32.9 Å². The Labute approximate surface area is 124 Å². The Morgan fingerprint density at radius 2 is 2.25 bits per heavy atom. The van der Waals surface area contributed by atoms with Crippen LogP contribution in [0.2, 0.25) is 0 Å². The van der Waals surface area contributed by atoms with Crippen LogP contribution in [0, 0.1) is 0 Å². The molecule has 0 spiro atoms. The second-order valence-electron chi connectivity index (χ2n) is 4.83. The summed E-state index contributed by atoms with van der Waals surface area (Å²) in [6, 6.07) is 7.39. The van der Waals surface area contributed by atoms with Crippen LogP contribution in [0.3, 0.4) is 0 Å². The first-order valence-electron chi connectivity index (χ1n) is 6.29. The highest BCUT2D eigenvalue weighted by atomic mass is 32.2. The number of ether oxygens (including phenoxy) is 1. The van der Waals surface area contributed by atoms with Gasteiger partial charge in [0.15, 0.2) is 14.9 Å². The van der Waals surface area contributed by atoms with E-state index < -0.39 is 9.84 Å². The van der Waals surface area contributed by atoms with E-state index in [-0.39, 0.29) is 17.5 Å². The second kappa shape index (κ2) is 5.97. The molecule has 5 nitrogen and oxygen atoms in total. The average Bonchev–Trinajstić information content (AvgIpc) is 2.78. The number of hydrogen-bond acceptors (Lipinski definition) is 4. The lowest BCUT2D eigenvalue weighted by Crippen LogP contribution is -2.40. The van der Waals surface area contributed by atoms with Gasteiger partial charge >= 0.3 is 0 Å². The van der Waals surface area contributed by atoms with Crippen molar-refractivity contribution in [3.63, 3.8) is 0 Å². The Hall–Kier alpha value is -1.34. The van der Waals surface area contributed by atoms with Crippen molar-refractivity contribution in [2.24, 2.45) is 0 Å². The highest BCUT2D eigenvalue weighted by molar-refractivity contribution is 7.91. The summed E-state index contributed by atoms with van der Waals surface area (Å²) in [5.74, 6) is 1.15. The minimum atomic E-state index is -2.91. The quantitative estimate of drug-likeness (QED) is 0.854. The first-order chi connectivity index (χ1) is 9.41. The highest BCUT2D eigenvalue weighted by Gasteiger charge is 2.31. The molecule has 0 bridgehead atoms. The number of sulfone groups is 1. The summed E-state index contributed by atoms with van der Waals surface area (Å²) in [5, 5.41) is 3.62. The van der Waals surface area contributed by atoms with Crippen molar-refractivity contribution in [1.29, 1.82) is 0 Å². The summed E-state index contributed by atoms with van der Waals surface area (Å²) in [7, 11) is 0.518. The van der Waals surface area contributed by atoms with Crippen LogP contribution >= 0.6 is 12.2 Å². The SMILES string of the molecule is COc1cccc(NC(=S)N(C)[C@@H]2CCS(=O)(=O)C2)c1. The smallest absolute Gasteiger partial charge is 0.173 e. The molecule has 0 aromatic heterocycles. The van der Waals surface area contributed by atoms with E-state index in [9.17, 15) is 8.42 Å². The van der Waals surface area contributed by atoms with Crippen molar-refractivity contribution in [2.45, 2.75) is 12.5 Å². The molecule has 1 aliphatic heterocycles. The molecule has 110 valence electrons. The van der Waals surface area contributed by atoms with E-state index in [1.807, 2.05) is 36.2 Å². The van der Waals surface area contributed by atoms with Crippen molar-refractivity contribution in [2.75, 3.05) is 31.0 Å². The zero-order chi connectivity index (χ0) is 14.8. The largest absolute Gasteiger partial charge is 0.497 e. The molecule has 0 saturated carbocycles. The topological polar surface area (TPSA) is 58.6 Å². The van der Waals surface area contributed by atoms with Gasteiger partial charge in [-0.15, -0.1) is 0 Å². The van der Waals surface area contributed by atoms with E-state index >= 15 is 0 Å². The average molecular weight is 314 g/mol. The van der Waals surface area contributed by atoms with E-state index in [0.29, 0.717) is 11.5 Å². The number of nitrogens with zero attached hydrogens (tertiary/aromatic N) is 1. The number of thiocarbonyl (C=S) groups is 1. The highest BCUT2D eigenvalue weighted by Crippen LogP contribution is 2.20. The van der Waals surface area contributed by atoms with Crippen LogP contribution in [0.15, 0.2) is 24.3 Å². The lowest BCUT2D eigenvalue weighted by atomic mass is 10.2. The maximum absolute atomic E-state index is 11.5. The lowest BCUT2D eigenvalue weighted by Gasteiger charge is -2.26. The van der Waals surface area contributed by atoms with Crippen LogP contribution in [0.25, 0.3) is 0 Å². The predicted octanol–water partition coefficient (Wildman–Crippen LogP) is 1.51. The maximum atomic E-state index is 11.5. The van der Waals surface area contributed by atoms with E-state index in [1.165, 1.54) is 0 Å². The zero-order valence-corrected chi connectivity index (χ0v) is 13.1. The third kappa shape index (κ3) is 3.61. The van der Waals surface area contributed by atoms with Crippen LogP contribution in [-0.4, -0.2) is 50.1 Å². The first-order valence-corrected chi connectivity index (χ1v) is 8.52. The Balaban J connectivity index is 2.01. The molecule has 0 radical (unpaired) electrons. The van der Waals surface area contributed by atoms with Crippen molar-refractivity contribution < 1.29 is 13.2 Å². The van der Waals surface area contributed by atoms with Gasteiger partial charge in [-0.05, 0) is 30.8 Å². The Bertz CT molecular complexity index is 601. The minimum absolute atomic E-state index is 0.0504. The van der Waals surface area contributed by atoms with Gasteiger partial charge in [0, 0.05) is 24.8 Å². The summed E-state index contributed by atoms with van der Waals surface area (Å²) >= 11 is 5.33. The van der Waals surface area contributed by atoms with E-state index in [4.69, 9.17) is 17.0 Å². The van der Waals surface area contributed by atoms with E-state index in [1.54, 1.807) is 7.11 Å². The number of benzene rings is 1. The molecule has 1 saturated heterocycles. The minimum Gasteiger partial charge on any atom is -0.497 e. The fourth-order valence-electron chi connectivity index (χ4n) is 2.16. The van der Waals surface area contributed by atoms with Crippen LogP contribution in [0.1, 0.15) is 6.42 Å². The van der Waals surface area contributed by atoms with Gasteiger partial charge in [-0.2, -0.15) is 0 Å². The third-order valence-electron chi connectivity index (χ3n) is 3.40. The van der Waals surface area contributed by atoms with Crippen molar-refractivity contribution in [3.8, 4) is 5.75 Å². The fraction of sp³-hybridized carbons (Fsp3) is 0.462. The number of hydrogen-bond donors (Lipinski definition) is 1. The summed E-state index contributed by atoms with van der Waals surface area (Å²) in [6.07, 6.45) is 0.624. The molecule has 2 rings (SSSR count). The molecule has 20 heavy (non-hydrogen) atoms. The van der Waals surface area contributed by atoms with E-state index in [2.05, 4.69) is 5.32 Å². The molecule has 1 heterocycles. The zero-order valence-electron chi connectivity index (χ0n) is 11.5. The van der Waals surface area contributed by atoms with Crippen LogP contribution < -0.4 is 10.1 Å². The van der Waals surface area contributed by atoms with Crippen LogP contribution in [0.5, 0.6) is 5.75 Å². The molecular weight excluding hydrogens is 296 g/mol. The molecule has 1 aromatic rings. The van der Waals surface area contributed by atoms with E-state index in [0.717, 1.165) is 11.4 Å². The second-order valence-corrected chi connectivity index (χ2v) is 7.45. The maximum Gasteiger partial charge on any atom is 0.173 e. The standard InChI is InChI=1S/C13H18N2O3S2/c1-15(11-6-7-20(16,17)9-11)13(19)14-10-4-3-5-12(8-10)18-2/h3-5,8,11H,6-7,9H2,1-2H3,(H,14,19)/t11-/m1/s1. The normalized spacial score (nSPS) is 20.4. The monoisotopic (exact) mass is 314 g/mol. The summed E-state index contributed by atoms with van der Waals surface area (Å²) in [5.41, 5.74) is 0.821.